The largest absolute Gasteiger partial charge is 0.496 e. The Morgan fingerprint density at radius 2 is 1.68 bits per heavy atom. The standard InChI is InChI=1S/C25H38N2O7/c1-8-32-22(28)21(23(29)33-9-2)18-10-11-19(20(14-18)31-7)16-26-12-13-27(17(3)15-26)24(30)34-25(4,5)6/h10-11,14,17,21H,8-9,12-13,15-16H2,1-7H3/t17-/m0/s1. The fourth-order valence-electron chi connectivity index (χ4n) is 3.90. The summed E-state index contributed by atoms with van der Waals surface area (Å²) < 4.78 is 21.3. The fourth-order valence-corrected chi connectivity index (χ4v) is 3.90. The molecule has 0 aliphatic carbocycles. The first kappa shape index (κ1) is 27.4. The highest BCUT2D eigenvalue weighted by Gasteiger charge is 2.33. The van der Waals surface area contributed by atoms with Crippen molar-refractivity contribution in [1.82, 2.24) is 9.80 Å². The summed E-state index contributed by atoms with van der Waals surface area (Å²) >= 11 is 0. The minimum atomic E-state index is -1.17. The van der Waals surface area contributed by atoms with Gasteiger partial charge >= 0.3 is 18.0 Å². The molecule has 190 valence electrons. The van der Waals surface area contributed by atoms with Crippen molar-refractivity contribution in [3.8, 4) is 5.75 Å². The van der Waals surface area contributed by atoms with Gasteiger partial charge in [-0.05, 0) is 53.2 Å². The molecule has 1 fully saturated rings. The highest BCUT2D eigenvalue weighted by atomic mass is 16.6. The van der Waals surface area contributed by atoms with E-state index in [4.69, 9.17) is 18.9 Å². The molecular formula is C25H38N2O7. The lowest BCUT2D eigenvalue weighted by Gasteiger charge is -2.40. The molecule has 0 spiro atoms. The predicted molar refractivity (Wildman–Crippen MR) is 127 cm³/mol. The van der Waals surface area contributed by atoms with E-state index in [1.165, 1.54) is 0 Å². The molecule has 9 heteroatoms. The van der Waals surface area contributed by atoms with Crippen LogP contribution in [0.2, 0.25) is 0 Å². The summed E-state index contributed by atoms with van der Waals surface area (Å²) in [5, 5.41) is 0. The Bertz CT molecular complexity index is 847. The highest BCUT2D eigenvalue weighted by molar-refractivity contribution is 6.01. The molecule has 2 rings (SSSR count). The molecule has 0 saturated carbocycles. The lowest BCUT2D eigenvalue weighted by atomic mass is 9.97. The number of carbonyl (C=O) groups is 3. The van der Waals surface area contributed by atoms with Crippen molar-refractivity contribution in [2.75, 3.05) is 40.0 Å². The number of hydrogen-bond donors (Lipinski definition) is 0. The maximum atomic E-state index is 12.5. The summed E-state index contributed by atoms with van der Waals surface area (Å²) in [6, 6.07) is 5.26. The van der Waals surface area contributed by atoms with Gasteiger partial charge in [-0.3, -0.25) is 14.5 Å². The average Bonchev–Trinajstić information content (AvgIpc) is 2.74. The van der Waals surface area contributed by atoms with Gasteiger partial charge in [0.1, 0.15) is 11.4 Å². The maximum absolute atomic E-state index is 12.5. The molecule has 1 aromatic rings. The van der Waals surface area contributed by atoms with E-state index >= 15 is 0 Å². The molecule has 0 unspecified atom stereocenters. The smallest absolute Gasteiger partial charge is 0.410 e. The molecule has 1 atom stereocenters. The van der Waals surface area contributed by atoms with Crippen LogP contribution in [0.3, 0.4) is 0 Å². The Hall–Kier alpha value is -2.81. The number of benzene rings is 1. The third kappa shape index (κ3) is 7.35. The molecule has 1 aliphatic rings. The molecule has 0 N–H and O–H groups in total. The summed E-state index contributed by atoms with van der Waals surface area (Å²) in [5.74, 6) is -1.90. The Kier molecular flexibility index (Phi) is 9.73. The Morgan fingerprint density at radius 1 is 1.06 bits per heavy atom. The number of ether oxygens (including phenoxy) is 4. The Labute approximate surface area is 202 Å². The van der Waals surface area contributed by atoms with Gasteiger partial charge in [0.2, 0.25) is 0 Å². The lowest BCUT2D eigenvalue weighted by molar-refractivity contribution is -0.156. The first-order chi connectivity index (χ1) is 16.0. The molecule has 1 amide bonds. The van der Waals surface area contributed by atoms with Gasteiger partial charge in [0.05, 0.1) is 20.3 Å². The monoisotopic (exact) mass is 478 g/mol. The van der Waals surface area contributed by atoms with E-state index in [9.17, 15) is 14.4 Å². The maximum Gasteiger partial charge on any atom is 0.410 e. The molecule has 1 aliphatic heterocycles. The van der Waals surface area contributed by atoms with Crippen LogP contribution in [-0.4, -0.2) is 79.4 Å². The summed E-state index contributed by atoms with van der Waals surface area (Å²) in [7, 11) is 1.55. The fraction of sp³-hybridized carbons (Fsp3) is 0.640. The topological polar surface area (TPSA) is 94.6 Å². The van der Waals surface area contributed by atoms with Crippen molar-refractivity contribution in [3.05, 3.63) is 29.3 Å². The number of amides is 1. The van der Waals surface area contributed by atoms with Crippen LogP contribution in [-0.2, 0) is 30.3 Å². The van der Waals surface area contributed by atoms with E-state index in [2.05, 4.69) is 4.90 Å². The van der Waals surface area contributed by atoms with Gasteiger partial charge < -0.3 is 23.8 Å². The van der Waals surface area contributed by atoms with Crippen LogP contribution >= 0.6 is 0 Å². The van der Waals surface area contributed by atoms with Crippen LogP contribution in [0, 0.1) is 0 Å². The van der Waals surface area contributed by atoms with Gasteiger partial charge in [-0.2, -0.15) is 0 Å². The third-order valence-corrected chi connectivity index (χ3v) is 5.42. The highest BCUT2D eigenvalue weighted by Crippen LogP contribution is 2.29. The number of hydrogen-bond acceptors (Lipinski definition) is 8. The molecule has 0 bridgehead atoms. The minimum Gasteiger partial charge on any atom is -0.496 e. The summed E-state index contributed by atoms with van der Waals surface area (Å²) in [6.45, 7) is 13.8. The molecule has 0 aromatic heterocycles. The minimum absolute atomic E-state index is 0.00845. The van der Waals surface area contributed by atoms with E-state index in [-0.39, 0.29) is 25.3 Å². The van der Waals surface area contributed by atoms with E-state index in [0.717, 1.165) is 5.56 Å². The average molecular weight is 479 g/mol. The number of methoxy groups -OCH3 is 1. The van der Waals surface area contributed by atoms with Crippen LogP contribution in [0.4, 0.5) is 4.79 Å². The summed E-state index contributed by atoms with van der Waals surface area (Å²) in [5.41, 5.74) is 0.838. The quantitative estimate of drug-likeness (QED) is 0.319. The van der Waals surface area contributed by atoms with E-state index in [1.54, 1.807) is 38.0 Å². The molecule has 1 heterocycles. The van der Waals surface area contributed by atoms with Gasteiger partial charge in [0, 0.05) is 37.8 Å². The second-order valence-corrected chi connectivity index (χ2v) is 9.27. The van der Waals surface area contributed by atoms with Gasteiger partial charge in [-0.15, -0.1) is 0 Å². The second-order valence-electron chi connectivity index (χ2n) is 9.27. The summed E-state index contributed by atoms with van der Waals surface area (Å²) in [4.78, 5) is 41.4. The van der Waals surface area contributed by atoms with Crippen molar-refractivity contribution in [1.29, 1.82) is 0 Å². The van der Waals surface area contributed by atoms with Gasteiger partial charge in [0.25, 0.3) is 0 Å². The zero-order chi connectivity index (χ0) is 25.5. The summed E-state index contributed by atoms with van der Waals surface area (Å²) in [6.07, 6.45) is -0.300. The first-order valence-corrected chi connectivity index (χ1v) is 11.7. The molecule has 34 heavy (non-hydrogen) atoms. The molecule has 0 radical (unpaired) electrons. The second kappa shape index (κ2) is 12.1. The normalized spacial score (nSPS) is 16.8. The van der Waals surface area contributed by atoms with Crippen molar-refractivity contribution >= 4 is 18.0 Å². The zero-order valence-electron chi connectivity index (χ0n) is 21.4. The third-order valence-electron chi connectivity index (χ3n) is 5.42. The number of piperazine rings is 1. The van der Waals surface area contributed by atoms with E-state index < -0.39 is 23.5 Å². The molecule has 1 saturated heterocycles. The van der Waals surface area contributed by atoms with E-state index in [0.29, 0.717) is 37.5 Å². The Balaban J connectivity index is 2.15. The predicted octanol–water partition coefficient (Wildman–Crippen LogP) is 3.35. The van der Waals surface area contributed by atoms with Crippen LogP contribution in [0.25, 0.3) is 0 Å². The van der Waals surface area contributed by atoms with Gasteiger partial charge in [-0.25, -0.2) is 4.79 Å². The van der Waals surface area contributed by atoms with Crippen LogP contribution in [0.1, 0.15) is 58.6 Å². The van der Waals surface area contributed by atoms with Crippen molar-refractivity contribution in [3.63, 3.8) is 0 Å². The van der Waals surface area contributed by atoms with Gasteiger partial charge in [0.15, 0.2) is 5.92 Å². The number of carbonyl (C=O) groups excluding carboxylic acids is 3. The Morgan fingerprint density at radius 3 is 2.18 bits per heavy atom. The van der Waals surface area contributed by atoms with Crippen LogP contribution < -0.4 is 4.74 Å². The van der Waals surface area contributed by atoms with E-state index in [1.807, 2.05) is 33.8 Å². The van der Waals surface area contributed by atoms with Crippen LogP contribution in [0.5, 0.6) is 5.75 Å². The lowest BCUT2D eigenvalue weighted by Crippen LogP contribution is -2.54. The first-order valence-electron chi connectivity index (χ1n) is 11.7. The van der Waals surface area contributed by atoms with Crippen molar-refractivity contribution < 1.29 is 33.3 Å². The van der Waals surface area contributed by atoms with Crippen LogP contribution in [0.15, 0.2) is 18.2 Å². The number of rotatable bonds is 8. The molecular weight excluding hydrogens is 440 g/mol. The number of nitrogens with zero attached hydrogens (tertiary/aromatic N) is 2. The SMILES string of the molecule is CCOC(=O)C(C(=O)OCC)c1ccc(CN2CCN(C(=O)OC(C)(C)C)[C@@H](C)C2)c(OC)c1. The van der Waals surface area contributed by atoms with Gasteiger partial charge in [-0.1, -0.05) is 12.1 Å². The molecule has 1 aromatic carbocycles. The molecule has 9 nitrogen and oxygen atoms in total. The van der Waals surface area contributed by atoms with Crippen molar-refractivity contribution in [2.45, 2.75) is 65.6 Å². The van der Waals surface area contributed by atoms with Crippen molar-refractivity contribution in [2.24, 2.45) is 0 Å². The number of esters is 2. The zero-order valence-corrected chi connectivity index (χ0v) is 21.4.